The monoisotopic (exact) mass is 249 g/mol. The Morgan fingerprint density at radius 3 is 2.33 bits per heavy atom. The first-order valence-electron chi connectivity index (χ1n) is 6.81. The van der Waals surface area contributed by atoms with E-state index in [0.29, 0.717) is 0 Å². The van der Waals surface area contributed by atoms with E-state index < -0.39 is 5.60 Å². The van der Waals surface area contributed by atoms with Crippen molar-refractivity contribution in [2.24, 2.45) is 0 Å². The zero-order chi connectivity index (χ0) is 13.0. The molecule has 18 heavy (non-hydrogen) atoms. The highest BCUT2D eigenvalue weighted by atomic mass is 16.3. The molecule has 1 saturated carbocycles. The van der Waals surface area contributed by atoms with E-state index in [1.807, 2.05) is 19.2 Å². The van der Waals surface area contributed by atoms with Gasteiger partial charge in [-0.05, 0) is 37.6 Å². The molecule has 2 rings (SSSR count). The van der Waals surface area contributed by atoms with Crippen LogP contribution in [0.15, 0.2) is 24.3 Å². The molecular weight excluding hydrogens is 226 g/mol. The van der Waals surface area contributed by atoms with E-state index in [0.717, 1.165) is 37.8 Å². The largest absolute Gasteiger partial charge is 0.508 e. The quantitative estimate of drug-likeness (QED) is 0.768. The number of hydrogen-bond donors (Lipinski definition) is 3. The number of benzene rings is 1. The minimum absolute atomic E-state index is 0.100. The molecule has 1 aromatic rings. The molecule has 1 fully saturated rings. The zero-order valence-electron chi connectivity index (χ0n) is 11.0. The van der Waals surface area contributed by atoms with Crippen molar-refractivity contribution >= 4 is 0 Å². The van der Waals surface area contributed by atoms with E-state index >= 15 is 0 Å². The Balaban J connectivity index is 2.23. The Labute approximate surface area is 109 Å². The molecule has 0 aromatic heterocycles. The maximum Gasteiger partial charge on any atom is 0.115 e. The fourth-order valence-corrected chi connectivity index (χ4v) is 3.04. The van der Waals surface area contributed by atoms with E-state index in [-0.39, 0.29) is 11.7 Å². The van der Waals surface area contributed by atoms with Crippen LogP contribution in [0.4, 0.5) is 0 Å². The van der Waals surface area contributed by atoms with Crippen LogP contribution in [-0.2, 0) is 0 Å². The van der Waals surface area contributed by atoms with E-state index in [4.69, 9.17) is 0 Å². The lowest BCUT2D eigenvalue weighted by molar-refractivity contribution is -0.0211. The average Bonchev–Trinajstić information content (AvgIpc) is 2.38. The van der Waals surface area contributed by atoms with Crippen molar-refractivity contribution in [3.8, 4) is 5.75 Å². The fraction of sp³-hybridized carbons (Fsp3) is 0.600. The van der Waals surface area contributed by atoms with Gasteiger partial charge in [0, 0.05) is 12.5 Å². The van der Waals surface area contributed by atoms with Crippen molar-refractivity contribution in [2.45, 2.75) is 43.6 Å². The highest BCUT2D eigenvalue weighted by molar-refractivity contribution is 5.30. The molecule has 0 spiro atoms. The van der Waals surface area contributed by atoms with Crippen LogP contribution >= 0.6 is 0 Å². The second kappa shape index (κ2) is 5.72. The number of aromatic hydroxyl groups is 1. The molecule has 0 unspecified atom stereocenters. The molecule has 0 aliphatic heterocycles. The third-order valence-electron chi connectivity index (χ3n) is 4.07. The minimum Gasteiger partial charge on any atom is -0.508 e. The standard InChI is InChI=1S/C15H23NO2/c1-16-11-14(12-5-7-13(17)8-6-12)15(18)9-3-2-4-10-15/h5-8,14,16-18H,2-4,9-11H2,1H3/t14-/m1/s1. The van der Waals surface area contributed by atoms with Crippen LogP contribution in [0.25, 0.3) is 0 Å². The summed E-state index contributed by atoms with van der Waals surface area (Å²) < 4.78 is 0. The van der Waals surface area contributed by atoms with Crippen LogP contribution in [0, 0.1) is 0 Å². The van der Waals surface area contributed by atoms with Crippen LogP contribution in [0.3, 0.4) is 0 Å². The SMILES string of the molecule is CNC[C@H](c1ccc(O)cc1)C1(O)CCCCC1. The van der Waals surface area contributed by atoms with Crippen molar-refractivity contribution in [1.29, 1.82) is 0 Å². The number of hydrogen-bond acceptors (Lipinski definition) is 3. The predicted octanol–water partition coefficient (Wildman–Crippen LogP) is 2.39. The van der Waals surface area contributed by atoms with E-state index in [1.54, 1.807) is 12.1 Å². The number of phenols is 1. The molecule has 0 radical (unpaired) electrons. The van der Waals surface area contributed by atoms with E-state index in [2.05, 4.69) is 5.32 Å². The summed E-state index contributed by atoms with van der Waals surface area (Å²) in [5.74, 6) is 0.376. The molecule has 0 amide bonds. The summed E-state index contributed by atoms with van der Waals surface area (Å²) in [6.07, 6.45) is 5.19. The van der Waals surface area contributed by atoms with Crippen LogP contribution < -0.4 is 5.32 Å². The fourth-order valence-electron chi connectivity index (χ4n) is 3.04. The molecule has 100 valence electrons. The van der Waals surface area contributed by atoms with Crippen LogP contribution in [0.2, 0.25) is 0 Å². The van der Waals surface area contributed by atoms with Crippen LogP contribution in [0.5, 0.6) is 5.75 Å². The molecule has 0 bridgehead atoms. The molecule has 1 atom stereocenters. The van der Waals surface area contributed by atoms with Crippen molar-refractivity contribution in [3.05, 3.63) is 29.8 Å². The van der Waals surface area contributed by atoms with Gasteiger partial charge >= 0.3 is 0 Å². The smallest absolute Gasteiger partial charge is 0.115 e. The molecule has 1 aliphatic carbocycles. The second-order valence-electron chi connectivity index (χ2n) is 5.37. The summed E-state index contributed by atoms with van der Waals surface area (Å²) in [6.45, 7) is 0.765. The summed E-state index contributed by atoms with van der Waals surface area (Å²) in [5, 5.41) is 23.4. The Kier molecular flexibility index (Phi) is 4.25. The van der Waals surface area contributed by atoms with Crippen molar-refractivity contribution in [2.75, 3.05) is 13.6 Å². The van der Waals surface area contributed by atoms with Gasteiger partial charge in [0.2, 0.25) is 0 Å². The first kappa shape index (κ1) is 13.4. The van der Waals surface area contributed by atoms with Crippen molar-refractivity contribution in [3.63, 3.8) is 0 Å². The second-order valence-corrected chi connectivity index (χ2v) is 5.37. The third-order valence-corrected chi connectivity index (χ3v) is 4.07. The molecular formula is C15H23NO2. The molecule has 3 N–H and O–H groups in total. The number of rotatable bonds is 4. The van der Waals surface area contributed by atoms with Crippen molar-refractivity contribution in [1.82, 2.24) is 5.32 Å². The Bertz CT molecular complexity index is 369. The van der Waals surface area contributed by atoms with Gasteiger partial charge in [-0.25, -0.2) is 0 Å². The summed E-state index contributed by atoms with van der Waals surface area (Å²) in [6, 6.07) is 7.24. The average molecular weight is 249 g/mol. The lowest BCUT2D eigenvalue weighted by Crippen LogP contribution is -2.42. The molecule has 1 aromatic carbocycles. The minimum atomic E-state index is -0.599. The predicted molar refractivity (Wildman–Crippen MR) is 72.8 cm³/mol. The van der Waals surface area contributed by atoms with Gasteiger partial charge in [-0.3, -0.25) is 0 Å². The summed E-state index contributed by atoms with van der Waals surface area (Å²) in [7, 11) is 1.92. The topological polar surface area (TPSA) is 52.5 Å². The lowest BCUT2D eigenvalue weighted by Gasteiger charge is -2.39. The zero-order valence-corrected chi connectivity index (χ0v) is 11.0. The van der Waals surface area contributed by atoms with E-state index in [9.17, 15) is 10.2 Å². The van der Waals surface area contributed by atoms with Crippen LogP contribution in [-0.4, -0.2) is 29.4 Å². The number of aliphatic hydroxyl groups is 1. The lowest BCUT2D eigenvalue weighted by atomic mass is 9.73. The van der Waals surface area contributed by atoms with Gasteiger partial charge in [-0.2, -0.15) is 0 Å². The highest BCUT2D eigenvalue weighted by Gasteiger charge is 2.38. The first-order valence-corrected chi connectivity index (χ1v) is 6.81. The van der Waals surface area contributed by atoms with Gasteiger partial charge in [-0.1, -0.05) is 31.4 Å². The Morgan fingerprint density at radius 1 is 1.17 bits per heavy atom. The number of likely N-dealkylation sites (N-methyl/N-ethyl adjacent to an activating group) is 1. The molecule has 1 aliphatic rings. The Hall–Kier alpha value is -1.06. The van der Waals surface area contributed by atoms with Gasteiger partial charge < -0.3 is 15.5 Å². The van der Waals surface area contributed by atoms with Crippen LogP contribution in [0.1, 0.15) is 43.6 Å². The summed E-state index contributed by atoms with van der Waals surface area (Å²) >= 11 is 0. The Morgan fingerprint density at radius 2 is 1.78 bits per heavy atom. The van der Waals surface area contributed by atoms with Gasteiger partial charge in [0.05, 0.1) is 5.60 Å². The normalized spacial score (nSPS) is 20.6. The highest BCUT2D eigenvalue weighted by Crippen LogP contribution is 2.39. The van der Waals surface area contributed by atoms with Gasteiger partial charge in [-0.15, -0.1) is 0 Å². The first-order chi connectivity index (χ1) is 8.65. The number of phenolic OH excluding ortho intramolecular Hbond substituents is 1. The van der Waals surface area contributed by atoms with E-state index in [1.165, 1.54) is 6.42 Å². The third kappa shape index (κ3) is 2.85. The molecule has 0 saturated heterocycles. The molecule has 3 heteroatoms. The molecule has 0 heterocycles. The summed E-state index contributed by atoms with van der Waals surface area (Å²) in [4.78, 5) is 0. The number of nitrogens with one attached hydrogen (secondary N) is 1. The van der Waals surface area contributed by atoms with Gasteiger partial charge in [0.15, 0.2) is 0 Å². The summed E-state index contributed by atoms with van der Waals surface area (Å²) in [5.41, 5.74) is 0.504. The molecule has 3 nitrogen and oxygen atoms in total. The maximum absolute atomic E-state index is 10.9. The maximum atomic E-state index is 10.9. The van der Waals surface area contributed by atoms with Gasteiger partial charge in [0.25, 0.3) is 0 Å². The van der Waals surface area contributed by atoms with Crippen molar-refractivity contribution < 1.29 is 10.2 Å². The van der Waals surface area contributed by atoms with Gasteiger partial charge in [0.1, 0.15) is 5.75 Å².